The molecule has 2 heterocycles. The van der Waals surface area contributed by atoms with Gasteiger partial charge in [-0.15, -0.1) is 22.7 Å². The molecule has 1 N–H and O–H groups in total. The molecule has 2 aromatic heterocycles. The van der Waals surface area contributed by atoms with Crippen LogP contribution in [0, 0.1) is 0 Å². The predicted molar refractivity (Wildman–Crippen MR) is 88.8 cm³/mol. The molecule has 0 spiro atoms. The molecule has 0 atom stereocenters. The van der Waals surface area contributed by atoms with Crippen LogP contribution in [-0.4, -0.2) is 19.1 Å². The Kier molecular flexibility index (Phi) is 4.00. The first-order valence-corrected chi connectivity index (χ1v) is 8.21. The highest BCUT2D eigenvalue weighted by Gasteiger charge is 2.03. The first-order chi connectivity index (χ1) is 9.72. The van der Waals surface area contributed by atoms with Crippen molar-refractivity contribution in [3.8, 4) is 0 Å². The molecule has 3 aromatic rings. The molecule has 0 radical (unpaired) electrons. The molecule has 0 aliphatic carbocycles. The molecular formula is C15H17N3S2. The second kappa shape index (κ2) is 5.91. The van der Waals surface area contributed by atoms with E-state index in [2.05, 4.69) is 39.9 Å². The summed E-state index contributed by atoms with van der Waals surface area (Å²) in [6.07, 6.45) is 1.95. The lowest BCUT2D eigenvalue weighted by atomic mass is 10.2. The predicted octanol–water partition coefficient (Wildman–Crippen LogP) is 3.71. The molecule has 0 unspecified atom stereocenters. The third kappa shape index (κ3) is 3.00. The Bertz CT molecular complexity index is 700. The van der Waals surface area contributed by atoms with Crippen molar-refractivity contribution in [3.05, 3.63) is 46.3 Å². The number of thiophene rings is 1. The zero-order chi connectivity index (χ0) is 13.9. The van der Waals surface area contributed by atoms with Gasteiger partial charge < -0.3 is 10.2 Å². The van der Waals surface area contributed by atoms with Gasteiger partial charge in [-0.3, -0.25) is 0 Å². The number of fused-ring (bicyclic) bond motifs is 1. The van der Waals surface area contributed by atoms with E-state index in [1.165, 1.54) is 20.5 Å². The largest absolute Gasteiger partial charge is 0.354 e. The maximum Gasteiger partial charge on any atom is 0.185 e. The highest BCUT2D eigenvalue weighted by molar-refractivity contribution is 7.17. The van der Waals surface area contributed by atoms with Gasteiger partial charge in [-0.05, 0) is 34.5 Å². The summed E-state index contributed by atoms with van der Waals surface area (Å²) >= 11 is 3.52. The fraction of sp³-hybridized carbons (Fsp3) is 0.267. The normalized spacial score (nSPS) is 11.1. The second-order valence-electron chi connectivity index (χ2n) is 4.90. The Labute approximate surface area is 126 Å². The number of rotatable bonds is 5. The third-order valence-corrected chi connectivity index (χ3v) is 5.13. The van der Waals surface area contributed by atoms with Crippen LogP contribution in [0.2, 0.25) is 0 Å². The number of anilines is 1. The van der Waals surface area contributed by atoms with Gasteiger partial charge in [-0.25, -0.2) is 4.98 Å². The van der Waals surface area contributed by atoms with Crippen molar-refractivity contribution in [2.45, 2.75) is 13.1 Å². The highest BCUT2D eigenvalue weighted by atomic mass is 32.1. The Balaban J connectivity index is 1.58. The van der Waals surface area contributed by atoms with E-state index in [-0.39, 0.29) is 0 Å². The van der Waals surface area contributed by atoms with Crippen molar-refractivity contribution in [2.24, 2.45) is 0 Å². The Morgan fingerprint density at radius 1 is 1.20 bits per heavy atom. The van der Waals surface area contributed by atoms with Crippen LogP contribution in [0.5, 0.6) is 0 Å². The minimum absolute atomic E-state index is 0.868. The summed E-state index contributed by atoms with van der Waals surface area (Å²) in [6, 6.07) is 8.84. The van der Waals surface area contributed by atoms with Crippen LogP contribution in [0.25, 0.3) is 10.1 Å². The number of hydrogen-bond donors (Lipinski definition) is 1. The number of benzene rings is 1. The van der Waals surface area contributed by atoms with Gasteiger partial charge in [0.1, 0.15) is 0 Å². The van der Waals surface area contributed by atoms with Gasteiger partial charge in [0, 0.05) is 43.0 Å². The van der Waals surface area contributed by atoms with Crippen molar-refractivity contribution < 1.29 is 0 Å². The summed E-state index contributed by atoms with van der Waals surface area (Å²) in [4.78, 5) is 7.69. The fourth-order valence-electron chi connectivity index (χ4n) is 2.04. The molecule has 0 aliphatic rings. The van der Waals surface area contributed by atoms with E-state index in [0.717, 1.165) is 18.2 Å². The van der Waals surface area contributed by atoms with Gasteiger partial charge in [0.25, 0.3) is 0 Å². The minimum Gasteiger partial charge on any atom is -0.354 e. The summed E-state index contributed by atoms with van der Waals surface area (Å²) in [5.74, 6) is 0. The molecule has 0 saturated carbocycles. The van der Waals surface area contributed by atoms with Crippen LogP contribution in [0.15, 0.2) is 35.8 Å². The molecule has 3 nitrogen and oxygen atoms in total. The molecule has 0 aliphatic heterocycles. The van der Waals surface area contributed by atoms with E-state index in [1.54, 1.807) is 22.7 Å². The SMILES string of the molecule is CN(C)c1ncc(CNCc2ccc3sccc3c2)s1. The number of thiazole rings is 1. The molecule has 5 heteroatoms. The van der Waals surface area contributed by atoms with E-state index in [4.69, 9.17) is 0 Å². The summed E-state index contributed by atoms with van der Waals surface area (Å²) < 4.78 is 1.35. The topological polar surface area (TPSA) is 28.2 Å². The maximum atomic E-state index is 4.38. The molecule has 104 valence electrons. The van der Waals surface area contributed by atoms with Crippen molar-refractivity contribution in [1.82, 2.24) is 10.3 Å². The zero-order valence-corrected chi connectivity index (χ0v) is 13.2. The van der Waals surface area contributed by atoms with E-state index in [1.807, 2.05) is 25.2 Å². The van der Waals surface area contributed by atoms with Crippen LogP contribution in [0.4, 0.5) is 5.13 Å². The van der Waals surface area contributed by atoms with Crippen LogP contribution < -0.4 is 10.2 Å². The summed E-state index contributed by atoms with van der Waals surface area (Å²) in [6.45, 7) is 1.76. The van der Waals surface area contributed by atoms with Gasteiger partial charge in [-0.2, -0.15) is 0 Å². The van der Waals surface area contributed by atoms with Gasteiger partial charge in [0.05, 0.1) is 0 Å². The first kappa shape index (κ1) is 13.5. The fourth-order valence-corrected chi connectivity index (χ4v) is 3.61. The average Bonchev–Trinajstić information content (AvgIpc) is 3.06. The Morgan fingerprint density at radius 2 is 2.10 bits per heavy atom. The molecule has 1 aromatic carbocycles. The van der Waals surface area contributed by atoms with Crippen molar-refractivity contribution >= 4 is 37.9 Å². The average molecular weight is 303 g/mol. The van der Waals surface area contributed by atoms with Gasteiger partial charge in [0.15, 0.2) is 5.13 Å². The van der Waals surface area contributed by atoms with E-state index < -0.39 is 0 Å². The standard InChI is InChI=1S/C15H17N3S2/c1-18(2)15-17-10-13(20-15)9-16-8-11-3-4-14-12(7-11)5-6-19-14/h3-7,10,16H,8-9H2,1-2H3. The quantitative estimate of drug-likeness (QED) is 0.779. The number of nitrogens with zero attached hydrogens (tertiary/aromatic N) is 2. The number of nitrogens with one attached hydrogen (secondary N) is 1. The third-order valence-electron chi connectivity index (χ3n) is 3.07. The van der Waals surface area contributed by atoms with Gasteiger partial charge >= 0.3 is 0 Å². The van der Waals surface area contributed by atoms with Gasteiger partial charge in [0.2, 0.25) is 0 Å². The highest BCUT2D eigenvalue weighted by Crippen LogP contribution is 2.22. The van der Waals surface area contributed by atoms with E-state index in [9.17, 15) is 0 Å². The lowest BCUT2D eigenvalue weighted by Crippen LogP contribution is -2.11. The molecule has 3 rings (SSSR count). The van der Waals surface area contributed by atoms with Crippen molar-refractivity contribution in [3.63, 3.8) is 0 Å². The smallest absolute Gasteiger partial charge is 0.185 e. The molecular weight excluding hydrogens is 286 g/mol. The van der Waals surface area contributed by atoms with Crippen molar-refractivity contribution in [1.29, 1.82) is 0 Å². The minimum atomic E-state index is 0.868. The zero-order valence-electron chi connectivity index (χ0n) is 11.6. The van der Waals surface area contributed by atoms with Crippen LogP contribution in [0.3, 0.4) is 0 Å². The monoisotopic (exact) mass is 303 g/mol. The number of hydrogen-bond acceptors (Lipinski definition) is 5. The molecule has 0 saturated heterocycles. The Morgan fingerprint density at radius 3 is 2.90 bits per heavy atom. The number of aromatic nitrogens is 1. The molecule has 0 amide bonds. The van der Waals surface area contributed by atoms with E-state index >= 15 is 0 Å². The summed E-state index contributed by atoms with van der Waals surface area (Å²) in [5.41, 5.74) is 1.33. The first-order valence-electron chi connectivity index (χ1n) is 6.51. The van der Waals surface area contributed by atoms with Crippen LogP contribution >= 0.6 is 22.7 Å². The van der Waals surface area contributed by atoms with Gasteiger partial charge in [-0.1, -0.05) is 6.07 Å². The molecule has 0 bridgehead atoms. The lowest BCUT2D eigenvalue weighted by molar-refractivity contribution is 0.700. The summed E-state index contributed by atoms with van der Waals surface area (Å²) in [7, 11) is 4.04. The molecule has 20 heavy (non-hydrogen) atoms. The van der Waals surface area contributed by atoms with Crippen LogP contribution in [0.1, 0.15) is 10.4 Å². The second-order valence-corrected chi connectivity index (χ2v) is 6.94. The van der Waals surface area contributed by atoms with Crippen LogP contribution in [-0.2, 0) is 13.1 Å². The Hall–Kier alpha value is -1.43. The van der Waals surface area contributed by atoms with Crippen molar-refractivity contribution in [2.75, 3.05) is 19.0 Å². The lowest BCUT2D eigenvalue weighted by Gasteiger charge is -2.06. The maximum absolute atomic E-state index is 4.38. The molecule has 0 fully saturated rings. The van der Waals surface area contributed by atoms with E-state index in [0.29, 0.717) is 0 Å². The summed E-state index contributed by atoms with van der Waals surface area (Å²) in [5, 5.41) is 8.02.